The third-order valence-electron chi connectivity index (χ3n) is 2.98. The van der Waals surface area contributed by atoms with Crippen molar-refractivity contribution in [2.75, 3.05) is 6.61 Å². The van der Waals surface area contributed by atoms with Gasteiger partial charge in [-0.05, 0) is 29.8 Å². The molecular weight excluding hydrogens is 332 g/mol. The van der Waals surface area contributed by atoms with Crippen LogP contribution in [0.1, 0.15) is 15.9 Å². The largest absolute Gasteiger partial charge is 0.455 e. The summed E-state index contributed by atoms with van der Waals surface area (Å²) in [5.41, 5.74) is 5.53. The van der Waals surface area contributed by atoms with Crippen molar-refractivity contribution in [3.05, 3.63) is 70.7 Å². The van der Waals surface area contributed by atoms with E-state index in [2.05, 4.69) is 10.9 Å². The summed E-state index contributed by atoms with van der Waals surface area (Å²) in [7, 11) is 0. The summed E-state index contributed by atoms with van der Waals surface area (Å²) >= 11 is 5.75. The van der Waals surface area contributed by atoms with Crippen molar-refractivity contribution in [2.24, 2.45) is 0 Å². The maximum absolute atomic E-state index is 11.7. The molecule has 0 saturated carbocycles. The average molecular weight is 347 g/mol. The Morgan fingerprint density at radius 3 is 2.25 bits per heavy atom. The molecular formula is C17H15ClN2O4. The molecule has 0 spiro atoms. The summed E-state index contributed by atoms with van der Waals surface area (Å²) in [5, 5.41) is 0.570. The Morgan fingerprint density at radius 1 is 0.917 bits per heavy atom. The lowest BCUT2D eigenvalue weighted by Gasteiger charge is -2.08. The molecule has 7 heteroatoms. The van der Waals surface area contributed by atoms with Gasteiger partial charge in [0, 0.05) is 10.6 Å². The number of carbonyl (C=O) groups is 3. The van der Waals surface area contributed by atoms with Crippen LogP contribution in [0.2, 0.25) is 5.02 Å². The van der Waals surface area contributed by atoms with E-state index in [4.69, 9.17) is 16.3 Å². The van der Waals surface area contributed by atoms with Crippen molar-refractivity contribution in [1.29, 1.82) is 0 Å². The van der Waals surface area contributed by atoms with Crippen molar-refractivity contribution in [2.45, 2.75) is 6.42 Å². The van der Waals surface area contributed by atoms with Crippen LogP contribution >= 0.6 is 11.6 Å². The van der Waals surface area contributed by atoms with Gasteiger partial charge in [-0.1, -0.05) is 41.9 Å². The summed E-state index contributed by atoms with van der Waals surface area (Å²) in [5.74, 6) is -1.65. The molecule has 6 nitrogen and oxygen atoms in total. The molecule has 0 saturated heterocycles. The smallest absolute Gasteiger partial charge is 0.310 e. The number of amides is 2. The van der Waals surface area contributed by atoms with E-state index in [1.807, 2.05) is 0 Å². The SMILES string of the molecule is O=C(COC(=O)Cc1ccc(Cl)cc1)NNC(=O)c1ccccc1. The summed E-state index contributed by atoms with van der Waals surface area (Å²) in [6.07, 6.45) is 0.0286. The van der Waals surface area contributed by atoms with Gasteiger partial charge >= 0.3 is 5.97 Å². The zero-order valence-corrected chi connectivity index (χ0v) is 13.4. The van der Waals surface area contributed by atoms with E-state index in [1.165, 1.54) is 0 Å². The van der Waals surface area contributed by atoms with Crippen LogP contribution in [-0.4, -0.2) is 24.4 Å². The lowest BCUT2D eigenvalue weighted by molar-refractivity contribution is -0.148. The number of nitrogens with one attached hydrogen (secondary N) is 2. The van der Waals surface area contributed by atoms with Crippen molar-refractivity contribution < 1.29 is 19.1 Å². The predicted octanol–water partition coefficient (Wildman–Crippen LogP) is 1.89. The van der Waals surface area contributed by atoms with Crippen LogP contribution in [0.3, 0.4) is 0 Å². The van der Waals surface area contributed by atoms with Gasteiger partial charge in [-0.3, -0.25) is 25.2 Å². The Balaban J connectivity index is 1.70. The molecule has 0 atom stereocenters. The summed E-state index contributed by atoms with van der Waals surface area (Å²) in [6.45, 7) is -0.485. The normalized spacial score (nSPS) is 9.88. The minimum absolute atomic E-state index is 0.0286. The highest BCUT2D eigenvalue weighted by Crippen LogP contribution is 2.10. The Kier molecular flexibility index (Phi) is 6.33. The molecule has 0 heterocycles. The van der Waals surface area contributed by atoms with Crippen molar-refractivity contribution in [3.63, 3.8) is 0 Å². The van der Waals surface area contributed by atoms with E-state index in [0.29, 0.717) is 10.6 Å². The molecule has 2 rings (SSSR count). The number of ether oxygens (including phenoxy) is 1. The van der Waals surface area contributed by atoms with Crippen LogP contribution < -0.4 is 10.9 Å². The highest BCUT2D eigenvalue weighted by molar-refractivity contribution is 6.30. The molecule has 0 bridgehead atoms. The summed E-state index contributed by atoms with van der Waals surface area (Å²) in [4.78, 5) is 34.9. The van der Waals surface area contributed by atoms with Crippen LogP contribution in [0.25, 0.3) is 0 Å². The molecule has 0 aliphatic heterocycles. The summed E-state index contributed by atoms with van der Waals surface area (Å²) in [6, 6.07) is 15.1. The van der Waals surface area contributed by atoms with Gasteiger partial charge in [0.05, 0.1) is 6.42 Å². The second-order valence-electron chi connectivity index (χ2n) is 4.83. The number of hydrogen-bond acceptors (Lipinski definition) is 4. The van der Waals surface area contributed by atoms with E-state index in [1.54, 1.807) is 54.6 Å². The molecule has 124 valence electrons. The van der Waals surface area contributed by atoms with Gasteiger partial charge in [-0.15, -0.1) is 0 Å². The minimum atomic E-state index is -0.635. The number of rotatable bonds is 5. The quantitative estimate of drug-likeness (QED) is 0.639. The Bertz CT molecular complexity index is 717. The lowest BCUT2D eigenvalue weighted by atomic mass is 10.1. The third kappa shape index (κ3) is 5.73. The van der Waals surface area contributed by atoms with Gasteiger partial charge < -0.3 is 4.74 Å². The van der Waals surface area contributed by atoms with Crippen molar-refractivity contribution >= 4 is 29.4 Å². The number of carbonyl (C=O) groups excluding carboxylic acids is 3. The first kappa shape index (κ1) is 17.5. The van der Waals surface area contributed by atoms with Gasteiger partial charge in [0.2, 0.25) is 0 Å². The van der Waals surface area contributed by atoms with Crippen LogP contribution in [0, 0.1) is 0 Å². The molecule has 2 N–H and O–H groups in total. The molecule has 2 aromatic rings. The fraction of sp³-hybridized carbons (Fsp3) is 0.118. The van der Waals surface area contributed by atoms with E-state index < -0.39 is 24.4 Å². The first-order valence-corrected chi connectivity index (χ1v) is 7.46. The van der Waals surface area contributed by atoms with Crippen molar-refractivity contribution in [1.82, 2.24) is 10.9 Å². The zero-order chi connectivity index (χ0) is 17.4. The fourth-order valence-corrected chi connectivity index (χ4v) is 1.92. The zero-order valence-electron chi connectivity index (χ0n) is 12.6. The standard InChI is InChI=1S/C17H15ClN2O4/c18-14-8-6-12(7-9-14)10-16(22)24-11-15(21)19-20-17(23)13-4-2-1-3-5-13/h1-9H,10-11H2,(H,19,21)(H,20,23). The molecule has 2 aromatic carbocycles. The fourth-order valence-electron chi connectivity index (χ4n) is 1.79. The summed E-state index contributed by atoms with van der Waals surface area (Å²) < 4.78 is 4.84. The molecule has 0 aliphatic rings. The molecule has 24 heavy (non-hydrogen) atoms. The minimum Gasteiger partial charge on any atom is -0.455 e. The Labute approximate surface area is 143 Å². The molecule has 0 radical (unpaired) electrons. The first-order valence-electron chi connectivity index (χ1n) is 7.09. The molecule has 0 aliphatic carbocycles. The van der Waals surface area contributed by atoms with Gasteiger partial charge in [0.25, 0.3) is 11.8 Å². The monoisotopic (exact) mass is 346 g/mol. The van der Waals surface area contributed by atoms with E-state index in [9.17, 15) is 14.4 Å². The topological polar surface area (TPSA) is 84.5 Å². The van der Waals surface area contributed by atoms with Crippen LogP contribution in [0.5, 0.6) is 0 Å². The highest BCUT2D eigenvalue weighted by Gasteiger charge is 2.10. The molecule has 2 amide bonds. The van der Waals surface area contributed by atoms with E-state index in [0.717, 1.165) is 5.56 Å². The second-order valence-corrected chi connectivity index (χ2v) is 5.27. The number of esters is 1. The van der Waals surface area contributed by atoms with Gasteiger partial charge in [-0.25, -0.2) is 0 Å². The number of halogens is 1. The van der Waals surface area contributed by atoms with E-state index >= 15 is 0 Å². The lowest BCUT2D eigenvalue weighted by Crippen LogP contribution is -2.43. The van der Waals surface area contributed by atoms with Gasteiger partial charge in [0.15, 0.2) is 6.61 Å². The highest BCUT2D eigenvalue weighted by atomic mass is 35.5. The van der Waals surface area contributed by atoms with Crippen LogP contribution in [0.4, 0.5) is 0 Å². The van der Waals surface area contributed by atoms with Crippen molar-refractivity contribution in [3.8, 4) is 0 Å². The van der Waals surface area contributed by atoms with Gasteiger partial charge in [0.1, 0.15) is 0 Å². The van der Waals surface area contributed by atoms with E-state index in [-0.39, 0.29) is 6.42 Å². The number of hydrazine groups is 1. The number of benzene rings is 2. The van der Waals surface area contributed by atoms with Gasteiger partial charge in [-0.2, -0.15) is 0 Å². The average Bonchev–Trinajstić information content (AvgIpc) is 2.60. The Hall–Kier alpha value is -2.86. The maximum Gasteiger partial charge on any atom is 0.310 e. The van der Waals surface area contributed by atoms with Crippen LogP contribution in [-0.2, 0) is 20.7 Å². The second kappa shape index (κ2) is 8.69. The Morgan fingerprint density at radius 2 is 1.58 bits per heavy atom. The third-order valence-corrected chi connectivity index (χ3v) is 3.23. The number of hydrogen-bond donors (Lipinski definition) is 2. The first-order chi connectivity index (χ1) is 11.5. The van der Waals surface area contributed by atoms with Crippen LogP contribution in [0.15, 0.2) is 54.6 Å². The maximum atomic E-state index is 11.7. The molecule has 0 fully saturated rings. The predicted molar refractivity (Wildman–Crippen MR) is 88.2 cm³/mol. The molecule has 0 unspecified atom stereocenters. The molecule has 0 aromatic heterocycles.